The third kappa shape index (κ3) is 3.36. The van der Waals surface area contributed by atoms with Crippen molar-refractivity contribution >= 4 is 15.9 Å². The maximum Gasteiger partial charge on any atom is 0.119 e. The Kier molecular flexibility index (Phi) is 4.61. The number of benzene rings is 1. The number of hydrogen-bond acceptors (Lipinski definition) is 3. The Hall–Kier alpha value is -1.33. The van der Waals surface area contributed by atoms with Gasteiger partial charge in [0.25, 0.3) is 0 Å². The minimum absolute atomic E-state index is 0.308. The van der Waals surface area contributed by atoms with Crippen LogP contribution < -0.4 is 10.1 Å². The van der Waals surface area contributed by atoms with E-state index in [-0.39, 0.29) is 0 Å². The highest BCUT2D eigenvalue weighted by Crippen LogP contribution is 2.23. The van der Waals surface area contributed by atoms with E-state index in [2.05, 4.69) is 39.5 Å². The highest BCUT2D eigenvalue weighted by Gasteiger charge is 2.08. The average molecular weight is 324 g/mol. The second-order valence-corrected chi connectivity index (χ2v) is 5.29. The Bertz CT molecular complexity index is 553. The second kappa shape index (κ2) is 6.21. The molecule has 19 heavy (non-hydrogen) atoms. The van der Waals surface area contributed by atoms with Crippen LogP contribution in [0.1, 0.15) is 24.1 Å². The number of ether oxygens (including phenoxy) is 1. The number of nitrogens with one attached hydrogen (secondary N) is 1. The van der Waals surface area contributed by atoms with E-state index < -0.39 is 0 Å². The van der Waals surface area contributed by atoms with Crippen LogP contribution in [0.3, 0.4) is 0 Å². The van der Waals surface area contributed by atoms with Crippen LogP contribution in [0.5, 0.6) is 5.75 Å². The van der Waals surface area contributed by atoms with Gasteiger partial charge in [-0.15, -0.1) is 0 Å². The summed E-state index contributed by atoms with van der Waals surface area (Å²) in [7, 11) is 3.62. The van der Waals surface area contributed by atoms with E-state index in [9.17, 15) is 0 Å². The summed E-state index contributed by atoms with van der Waals surface area (Å²) < 4.78 is 8.24. The van der Waals surface area contributed by atoms with Crippen molar-refractivity contribution in [2.45, 2.75) is 19.5 Å². The molecule has 1 aromatic carbocycles. The molecule has 1 aromatic heterocycles. The molecule has 1 N–H and O–H groups in total. The molecule has 0 aliphatic rings. The molecule has 0 radical (unpaired) electrons. The van der Waals surface area contributed by atoms with Crippen molar-refractivity contribution in [1.29, 1.82) is 0 Å². The van der Waals surface area contributed by atoms with Crippen LogP contribution in [0.2, 0.25) is 0 Å². The van der Waals surface area contributed by atoms with E-state index in [4.69, 9.17) is 4.74 Å². The Balaban J connectivity index is 2.19. The van der Waals surface area contributed by atoms with E-state index in [1.165, 1.54) is 5.56 Å². The first kappa shape index (κ1) is 14.1. The van der Waals surface area contributed by atoms with Gasteiger partial charge in [-0.2, -0.15) is 5.10 Å². The maximum absolute atomic E-state index is 5.25. The topological polar surface area (TPSA) is 39.1 Å². The van der Waals surface area contributed by atoms with Crippen LogP contribution >= 0.6 is 15.9 Å². The van der Waals surface area contributed by atoms with E-state index in [0.717, 1.165) is 15.8 Å². The van der Waals surface area contributed by atoms with Crippen molar-refractivity contribution in [3.05, 3.63) is 46.2 Å². The number of rotatable bonds is 5. The minimum atomic E-state index is 0.308. The molecule has 0 saturated carbocycles. The first-order valence-electron chi connectivity index (χ1n) is 6.16. The normalized spacial score (nSPS) is 12.4. The van der Waals surface area contributed by atoms with Crippen molar-refractivity contribution in [3.63, 3.8) is 0 Å². The summed E-state index contributed by atoms with van der Waals surface area (Å²) in [6.07, 6.45) is 3.96. The first-order chi connectivity index (χ1) is 9.13. The van der Waals surface area contributed by atoms with Gasteiger partial charge >= 0.3 is 0 Å². The number of aromatic nitrogens is 2. The average Bonchev–Trinajstić information content (AvgIpc) is 2.89. The molecule has 1 atom stereocenters. The molecule has 0 fully saturated rings. The predicted octanol–water partition coefficient (Wildman–Crippen LogP) is 2.98. The van der Waals surface area contributed by atoms with Crippen molar-refractivity contribution in [1.82, 2.24) is 15.1 Å². The lowest BCUT2D eigenvalue weighted by molar-refractivity contribution is 0.414. The molecule has 0 spiro atoms. The van der Waals surface area contributed by atoms with Gasteiger partial charge in [-0.3, -0.25) is 4.68 Å². The van der Waals surface area contributed by atoms with Crippen LogP contribution in [0.25, 0.3) is 0 Å². The van der Waals surface area contributed by atoms with Gasteiger partial charge in [0.05, 0.1) is 19.9 Å². The standard InChI is InChI=1S/C14H18BrN3O/c1-10(16-2)12-7-17-18(9-12)8-11-6-13(19-3)4-5-14(11)15/h4-7,9-10,16H,8H2,1-3H3. The van der Waals surface area contributed by atoms with Crippen molar-refractivity contribution in [3.8, 4) is 5.75 Å². The Morgan fingerprint density at radius 1 is 1.47 bits per heavy atom. The van der Waals surface area contributed by atoms with Gasteiger partial charge in [0, 0.05) is 22.3 Å². The van der Waals surface area contributed by atoms with Crippen LogP contribution in [0, 0.1) is 0 Å². The lowest BCUT2D eigenvalue weighted by atomic mass is 10.2. The van der Waals surface area contributed by atoms with Gasteiger partial charge in [0.1, 0.15) is 5.75 Å². The Morgan fingerprint density at radius 3 is 2.95 bits per heavy atom. The Labute approximate surface area is 121 Å². The molecule has 0 saturated heterocycles. The van der Waals surface area contributed by atoms with E-state index >= 15 is 0 Å². The number of methoxy groups -OCH3 is 1. The molecule has 102 valence electrons. The largest absolute Gasteiger partial charge is 0.497 e. The van der Waals surface area contributed by atoms with Crippen LogP contribution in [0.15, 0.2) is 35.1 Å². The fraction of sp³-hybridized carbons (Fsp3) is 0.357. The fourth-order valence-corrected chi connectivity index (χ4v) is 2.20. The van der Waals surface area contributed by atoms with Gasteiger partial charge in [-0.1, -0.05) is 15.9 Å². The zero-order valence-electron chi connectivity index (χ0n) is 11.4. The lowest BCUT2D eigenvalue weighted by Gasteiger charge is -2.08. The third-order valence-corrected chi connectivity index (χ3v) is 3.95. The molecule has 0 amide bonds. The summed E-state index contributed by atoms with van der Waals surface area (Å²) in [6.45, 7) is 2.83. The summed E-state index contributed by atoms with van der Waals surface area (Å²) in [5.41, 5.74) is 2.33. The van der Waals surface area contributed by atoms with Crippen LogP contribution in [-0.2, 0) is 6.54 Å². The maximum atomic E-state index is 5.25. The molecule has 2 rings (SSSR count). The molecule has 5 heteroatoms. The molecular formula is C14H18BrN3O. The molecule has 0 aliphatic carbocycles. The van der Waals surface area contributed by atoms with Gasteiger partial charge in [-0.05, 0) is 37.7 Å². The zero-order chi connectivity index (χ0) is 13.8. The van der Waals surface area contributed by atoms with Crippen LogP contribution in [-0.4, -0.2) is 23.9 Å². The molecule has 1 heterocycles. The molecule has 2 aromatic rings. The minimum Gasteiger partial charge on any atom is -0.497 e. The summed E-state index contributed by atoms with van der Waals surface area (Å²) in [5.74, 6) is 0.856. The molecule has 4 nitrogen and oxygen atoms in total. The summed E-state index contributed by atoms with van der Waals surface area (Å²) >= 11 is 3.56. The lowest BCUT2D eigenvalue weighted by Crippen LogP contribution is -2.11. The van der Waals surface area contributed by atoms with Crippen molar-refractivity contribution in [2.75, 3.05) is 14.2 Å². The van der Waals surface area contributed by atoms with Gasteiger partial charge in [0.15, 0.2) is 0 Å². The fourth-order valence-electron chi connectivity index (χ4n) is 1.83. The zero-order valence-corrected chi connectivity index (χ0v) is 12.9. The Morgan fingerprint density at radius 2 is 2.26 bits per heavy atom. The highest BCUT2D eigenvalue weighted by molar-refractivity contribution is 9.10. The van der Waals surface area contributed by atoms with E-state index in [1.807, 2.05) is 36.1 Å². The summed E-state index contributed by atoms with van der Waals surface area (Å²) in [5, 5.41) is 7.60. The number of halogens is 1. The van der Waals surface area contributed by atoms with Crippen molar-refractivity contribution < 1.29 is 4.74 Å². The smallest absolute Gasteiger partial charge is 0.119 e. The highest BCUT2D eigenvalue weighted by atomic mass is 79.9. The molecule has 0 aliphatic heterocycles. The molecule has 1 unspecified atom stereocenters. The molecule has 0 bridgehead atoms. The van der Waals surface area contributed by atoms with Crippen molar-refractivity contribution in [2.24, 2.45) is 0 Å². The van der Waals surface area contributed by atoms with E-state index in [1.54, 1.807) is 7.11 Å². The number of hydrogen-bond donors (Lipinski definition) is 1. The summed E-state index contributed by atoms with van der Waals surface area (Å²) in [4.78, 5) is 0. The number of nitrogens with zero attached hydrogens (tertiary/aromatic N) is 2. The third-order valence-electron chi connectivity index (χ3n) is 3.17. The molecular weight excluding hydrogens is 306 g/mol. The summed E-state index contributed by atoms with van der Waals surface area (Å²) in [6, 6.07) is 6.26. The second-order valence-electron chi connectivity index (χ2n) is 4.44. The predicted molar refractivity (Wildman–Crippen MR) is 79.5 cm³/mol. The van der Waals surface area contributed by atoms with Gasteiger partial charge in [-0.25, -0.2) is 0 Å². The van der Waals surface area contributed by atoms with Crippen LogP contribution in [0.4, 0.5) is 0 Å². The monoisotopic (exact) mass is 323 g/mol. The van der Waals surface area contributed by atoms with E-state index in [0.29, 0.717) is 12.6 Å². The first-order valence-corrected chi connectivity index (χ1v) is 6.95. The quantitative estimate of drug-likeness (QED) is 0.919. The SMILES string of the molecule is CNC(C)c1cnn(Cc2cc(OC)ccc2Br)c1. The van der Waals surface area contributed by atoms with Gasteiger partial charge < -0.3 is 10.1 Å². The van der Waals surface area contributed by atoms with Gasteiger partial charge in [0.2, 0.25) is 0 Å².